The van der Waals surface area contributed by atoms with Gasteiger partial charge in [-0.2, -0.15) is 0 Å². The van der Waals surface area contributed by atoms with Crippen molar-refractivity contribution in [3.8, 4) is 5.88 Å². The van der Waals surface area contributed by atoms with Gasteiger partial charge in [0, 0.05) is 6.07 Å². The quantitative estimate of drug-likeness (QED) is 0.799. The molecule has 1 saturated carbocycles. The third-order valence-electron chi connectivity index (χ3n) is 3.47. The minimum Gasteiger partial charge on any atom is -0.472 e. The van der Waals surface area contributed by atoms with Gasteiger partial charge in [-0.15, -0.1) is 0 Å². The third-order valence-corrected chi connectivity index (χ3v) is 3.47. The number of aromatic nitrogens is 1. The first-order valence-electron chi connectivity index (χ1n) is 7.45. The maximum absolute atomic E-state index is 13.5. The van der Waals surface area contributed by atoms with Gasteiger partial charge >= 0.3 is 5.97 Å². The van der Waals surface area contributed by atoms with Crippen LogP contribution in [0.5, 0.6) is 5.88 Å². The summed E-state index contributed by atoms with van der Waals surface area (Å²) >= 11 is 0. The molecule has 4 nitrogen and oxygen atoms in total. The Kier molecular flexibility index (Phi) is 4.98. The van der Waals surface area contributed by atoms with E-state index in [0.717, 1.165) is 12.3 Å². The van der Waals surface area contributed by atoms with Crippen LogP contribution in [0.1, 0.15) is 46.5 Å². The summed E-state index contributed by atoms with van der Waals surface area (Å²) in [5, 5.41) is 0. The molecule has 0 bridgehead atoms. The number of pyridine rings is 1. The van der Waals surface area contributed by atoms with Crippen LogP contribution in [0, 0.1) is 17.6 Å². The number of halogens is 2. The standard InChI is InChI=1S/C16H21F2NO3/c1-16(2,3)22-15(20)10-4-6-12(7-5-10)21-14-13(18)8-11(17)9-19-14/h8-10,12H,4-7H2,1-3H3. The second kappa shape index (κ2) is 6.58. The van der Waals surface area contributed by atoms with Crippen molar-refractivity contribution in [2.75, 3.05) is 0 Å². The van der Waals surface area contributed by atoms with Crippen molar-refractivity contribution in [1.82, 2.24) is 4.98 Å². The highest BCUT2D eigenvalue weighted by Gasteiger charge is 2.31. The summed E-state index contributed by atoms with van der Waals surface area (Å²) in [7, 11) is 0. The molecule has 0 amide bonds. The van der Waals surface area contributed by atoms with Crippen molar-refractivity contribution in [1.29, 1.82) is 0 Å². The lowest BCUT2D eigenvalue weighted by molar-refractivity contribution is -0.161. The van der Waals surface area contributed by atoms with Crippen LogP contribution in [0.2, 0.25) is 0 Å². The monoisotopic (exact) mass is 313 g/mol. The normalized spacial score (nSPS) is 22.2. The number of esters is 1. The number of carbonyl (C=O) groups is 1. The van der Waals surface area contributed by atoms with E-state index < -0.39 is 17.2 Å². The van der Waals surface area contributed by atoms with E-state index in [-0.39, 0.29) is 23.9 Å². The molecule has 1 aromatic heterocycles. The van der Waals surface area contributed by atoms with Crippen molar-refractivity contribution in [3.05, 3.63) is 23.9 Å². The molecule has 2 rings (SSSR count). The number of rotatable bonds is 3. The molecular formula is C16H21F2NO3. The summed E-state index contributed by atoms with van der Waals surface area (Å²) in [5.74, 6) is -2.09. The molecule has 1 aromatic rings. The van der Waals surface area contributed by atoms with Gasteiger partial charge in [-0.3, -0.25) is 4.79 Å². The van der Waals surface area contributed by atoms with Crippen LogP contribution >= 0.6 is 0 Å². The van der Waals surface area contributed by atoms with Crippen LogP contribution in [0.4, 0.5) is 8.78 Å². The maximum Gasteiger partial charge on any atom is 0.309 e. The molecule has 0 aliphatic heterocycles. The van der Waals surface area contributed by atoms with E-state index in [4.69, 9.17) is 9.47 Å². The van der Waals surface area contributed by atoms with Crippen molar-refractivity contribution in [2.24, 2.45) is 5.92 Å². The number of hydrogen-bond donors (Lipinski definition) is 0. The van der Waals surface area contributed by atoms with Gasteiger partial charge in [0.2, 0.25) is 0 Å². The number of hydrogen-bond acceptors (Lipinski definition) is 4. The molecule has 0 atom stereocenters. The minimum atomic E-state index is -0.811. The van der Waals surface area contributed by atoms with Crippen LogP contribution in [-0.4, -0.2) is 22.7 Å². The molecule has 0 unspecified atom stereocenters. The molecule has 1 aliphatic carbocycles. The predicted octanol–water partition coefficient (Wildman–Crippen LogP) is 3.64. The first-order valence-corrected chi connectivity index (χ1v) is 7.45. The molecule has 6 heteroatoms. The Labute approximate surface area is 128 Å². The van der Waals surface area contributed by atoms with Crippen molar-refractivity contribution < 1.29 is 23.0 Å². The summed E-state index contributed by atoms with van der Waals surface area (Å²) < 4.78 is 37.1. The Balaban J connectivity index is 1.86. The average Bonchev–Trinajstić information content (AvgIpc) is 2.41. The molecule has 0 N–H and O–H groups in total. The molecule has 1 heterocycles. The summed E-state index contributed by atoms with van der Waals surface area (Å²) in [6.07, 6.45) is 3.19. The number of carbonyl (C=O) groups excluding carboxylic acids is 1. The molecule has 22 heavy (non-hydrogen) atoms. The van der Waals surface area contributed by atoms with Crippen LogP contribution in [-0.2, 0) is 9.53 Å². The topological polar surface area (TPSA) is 48.4 Å². The highest BCUT2D eigenvalue weighted by Crippen LogP contribution is 2.29. The zero-order chi connectivity index (χ0) is 16.3. The zero-order valence-corrected chi connectivity index (χ0v) is 13.1. The first kappa shape index (κ1) is 16.6. The Bertz CT molecular complexity index is 535. The van der Waals surface area contributed by atoms with E-state index in [1.807, 2.05) is 20.8 Å². The summed E-state index contributed by atoms with van der Waals surface area (Å²) in [5.41, 5.74) is -0.494. The lowest BCUT2D eigenvalue weighted by atomic mass is 9.87. The molecule has 1 fully saturated rings. The van der Waals surface area contributed by atoms with Gasteiger partial charge in [-0.05, 0) is 46.5 Å². The molecule has 0 radical (unpaired) electrons. The van der Waals surface area contributed by atoms with E-state index in [1.54, 1.807) is 0 Å². The van der Waals surface area contributed by atoms with Crippen molar-refractivity contribution in [2.45, 2.75) is 58.2 Å². The Hall–Kier alpha value is -1.72. The smallest absolute Gasteiger partial charge is 0.309 e. The third kappa shape index (κ3) is 4.64. The van der Waals surface area contributed by atoms with Gasteiger partial charge in [-0.25, -0.2) is 13.8 Å². The second-order valence-electron chi connectivity index (χ2n) is 6.57. The lowest BCUT2D eigenvalue weighted by Crippen LogP contribution is -2.33. The molecular weight excluding hydrogens is 292 g/mol. The maximum atomic E-state index is 13.5. The van der Waals surface area contributed by atoms with Crippen LogP contribution < -0.4 is 4.74 Å². The van der Waals surface area contributed by atoms with Gasteiger partial charge in [0.1, 0.15) is 17.5 Å². The Morgan fingerprint density at radius 1 is 1.23 bits per heavy atom. The van der Waals surface area contributed by atoms with E-state index in [0.29, 0.717) is 25.7 Å². The highest BCUT2D eigenvalue weighted by atomic mass is 19.1. The van der Waals surface area contributed by atoms with Gasteiger partial charge in [-0.1, -0.05) is 0 Å². The molecule has 0 aromatic carbocycles. The highest BCUT2D eigenvalue weighted by molar-refractivity contribution is 5.73. The summed E-state index contributed by atoms with van der Waals surface area (Å²) in [6, 6.07) is 0.745. The van der Waals surface area contributed by atoms with E-state index >= 15 is 0 Å². The van der Waals surface area contributed by atoms with Crippen molar-refractivity contribution in [3.63, 3.8) is 0 Å². The number of ether oxygens (including phenoxy) is 2. The lowest BCUT2D eigenvalue weighted by Gasteiger charge is -2.29. The van der Waals surface area contributed by atoms with Crippen LogP contribution in [0.25, 0.3) is 0 Å². The summed E-state index contributed by atoms with van der Waals surface area (Å²) in [6.45, 7) is 5.51. The molecule has 0 spiro atoms. The zero-order valence-electron chi connectivity index (χ0n) is 13.1. The molecule has 1 aliphatic rings. The van der Waals surface area contributed by atoms with E-state index in [9.17, 15) is 13.6 Å². The average molecular weight is 313 g/mol. The number of nitrogens with zero attached hydrogens (tertiary/aromatic N) is 1. The van der Waals surface area contributed by atoms with Gasteiger partial charge in [0.05, 0.1) is 12.1 Å². The van der Waals surface area contributed by atoms with Gasteiger partial charge in [0.15, 0.2) is 5.82 Å². The fourth-order valence-corrected chi connectivity index (χ4v) is 2.45. The molecule has 122 valence electrons. The Morgan fingerprint density at radius 3 is 2.41 bits per heavy atom. The SMILES string of the molecule is CC(C)(C)OC(=O)C1CCC(Oc2ncc(F)cc2F)CC1. The van der Waals surface area contributed by atoms with E-state index in [2.05, 4.69) is 4.98 Å². The second-order valence-corrected chi connectivity index (χ2v) is 6.57. The van der Waals surface area contributed by atoms with Crippen LogP contribution in [0.3, 0.4) is 0 Å². The fourth-order valence-electron chi connectivity index (χ4n) is 2.45. The van der Waals surface area contributed by atoms with Crippen molar-refractivity contribution >= 4 is 5.97 Å². The first-order chi connectivity index (χ1) is 10.2. The minimum absolute atomic E-state index is 0.148. The van der Waals surface area contributed by atoms with Gasteiger partial charge in [0.25, 0.3) is 5.88 Å². The molecule has 0 saturated heterocycles. The Morgan fingerprint density at radius 2 is 1.86 bits per heavy atom. The summed E-state index contributed by atoms with van der Waals surface area (Å²) in [4.78, 5) is 15.6. The predicted molar refractivity (Wildman–Crippen MR) is 76.4 cm³/mol. The largest absolute Gasteiger partial charge is 0.472 e. The fraction of sp³-hybridized carbons (Fsp3) is 0.625. The van der Waals surface area contributed by atoms with E-state index in [1.165, 1.54) is 0 Å². The van der Waals surface area contributed by atoms with Gasteiger partial charge < -0.3 is 9.47 Å². The van der Waals surface area contributed by atoms with Crippen LogP contribution in [0.15, 0.2) is 12.3 Å².